The number of ether oxygens (including phenoxy) is 2. The molecule has 1 aromatic heterocycles. The first-order valence-corrected chi connectivity index (χ1v) is 15.4. The molecule has 256 valence electrons. The minimum absolute atomic E-state index is 0. The first-order valence-electron chi connectivity index (χ1n) is 15.1. The number of methoxy groups -OCH3 is 1. The van der Waals surface area contributed by atoms with Crippen molar-refractivity contribution < 1.29 is 28.2 Å². The van der Waals surface area contributed by atoms with E-state index in [2.05, 4.69) is 31.2 Å². The van der Waals surface area contributed by atoms with Crippen LogP contribution in [0.4, 0.5) is 21.6 Å². The van der Waals surface area contributed by atoms with Crippen LogP contribution in [0.2, 0.25) is 5.02 Å². The molecule has 47 heavy (non-hydrogen) atoms. The van der Waals surface area contributed by atoms with Gasteiger partial charge in [-0.15, -0.1) is 12.4 Å². The van der Waals surface area contributed by atoms with Crippen LogP contribution in [-0.4, -0.2) is 84.6 Å². The number of hydrogen-bond acceptors (Lipinski definition) is 9. The number of carbonyl (C=O) groups excluding carboxylic acids is 3. The van der Waals surface area contributed by atoms with E-state index in [0.717, 1.165) is 0 Å². The molecule has 0 unspecified atom stereocenters. The Balaban J connectivity index is 0.00000600. The Morgan fingerprint density at radius 2 is 1.89 bits per heavy atom. The van der Waals surface area contributed by atoms with Gasteiger partial charge in [0.25, 0.3) is 0 Å². The highest BCUT2D eigenvalue weighted by Crippen LogP contribution is 2.35. The van der Waals surface area contributed by atoms with Crippen molar-refractivity contribution in [2.75, 3.05) is 44.5 Å². The van der Waals surface area contributed by atoms with Gasteiger partial charge in [0.15, 0.2) is 5.82 Å². The molecule has 1 fully saturated rings. The van der Waals surface area contributed by atoms with Crippen LogP contribution in [-0.2, 0) is 19.1 Å². The molecule has 3 aromatic rings. The summed E-state index contributed by atoms with van der Waals surface area (Å²) in [5.41, 5.74) is 0.280. The summed E-state index contributed by atoms with van der Waals surface area (Å²) in [5.74, 6) is -1.10. The number of hydrogen-bond donors (Lipinski definition) is 4. The second-order valence-corrected chi connectivity index (χ2v) is 12.6. The summed E-state index contributed by atoms with van der Waals surface area (Å²) in [5, 5.41) is 12.1. The lowest BCUT2D eigenvalue weighted by atomic mass is 9.85. The Morgan fingerprint density at radius 1 is 1.15 bits per heavy atom. The number of anilines is 3. The molecule has 1 aliphatic rings. The van der Waals surface area contributed by atoms with Crippen LogP contribution in [0.1, 0.15) is 40.5 Å². The summed E-state index contributed by atoms with van der Waals surface area (Å²) >= 11 is 5.97. The van der Waals surface area contributed by atoms with Gasteiger partial charge in [-0.1, -0.05) is 38.4 Å². The van der Waals surface area contributed by atoms with Crippen molar-refractivity contribution in [3.8, 4) is 5.75 Å². The van der Waals surface area contributed by atoms with E-state index in [1.54, 1.807) is 39.3 Å². The molecule has 1 saturated heterocycles. The van der Waals surface area contributed by atoms with Gasteiger partial charge in [-0.2, -0.15) is 0 Å². The third-order valence-corrected chi connectivity index (χ3v) is 8.10. The number of nitrogens with one attached hydrogen (secondary N) is 4. The van der Waals surface area contributed by atoms with Crippen molar-refractivity contribution in [3.63, 3.8) is 0 Å². The topological polar surface area (TPSA) is 147 Å². The number of amides is 3. The summed E-state index contributed by atoms with van der Waals surface area (Å²) in [6, 6.07) is 5.72. The molecular weight excluding hydrogens is 652 g/mol. The molecular formula is C32H42Cl2FN7O5. The second-order valence-electron chi connectivity index (χ2n) is 12.2. The van der Waals surface area contributed by atoms with Gasteiger partial charge in [-0.25, -0.2) is 14.4 Å². The van der Waals surface area contributed by atoms with Crippen molar-refractivity contribution in [1.29, 1.82) is 0 Å². The summed E-state index contributed by atoms with van der Waals surface area (Å²) in [4.78, 5) is 50.7. The lowest BCUT2D eigenvalue weighted by Crippen LogP contribution is -2.59. The fourth-order valence-corrected chi connectivity index (χ4v) is 5.27. The van der Waals surface area contributed by atoms with Gasteiger partial charge in [0, 0.05) is 25.1 Å². The molecule has 4 rings (SSSR count). The van der Waals surface area contributed by atoms with Gasteiger partial charge in [0.05, 0.1) is 34.6 Å². The summed E-state index contributed by atoms with van der Waals surface area (Å²) < 4.78 is 25.8. The predicted molar refractivity (Wildman–Crippen MR) is 182 cm³/mol. The lowest BCUT2D eigenvalue weighted by molar-refractivity contribution is -0.143. The van der Waals surface area contributed by atoms with E-state index in [4.69, 9.17) is 21.1 Å². The number of carbonyl (C=O) groups is 3. The largest absolute Gasteiger partial charge is 0.489 e. The second kappa shape index (κ2) is 16.4. The average molecular weight is 695 g/mol. The molecule has 2 heterocycles. The van der Waals surface area contributed by atoms with Crippen LogP contribution in [0.15, 0.2) is 36.7 Å². The molecule has 15 heteroatoms. The zero-order chi connectivity index (χ0) is 33.6. The van der Waals surface area contributed by atoms with Crippen LogP contribution in [0.3, 0.4) is 0 Å². The third kappa shape index (κ3) is 8.98. The van der Waals surface area contributed by atoms with Crippen molar-refractivity contribution >= 4 is 69.8 Å². The lowest BCUT2D eigenvalue weighted by Gasteiger charge is -2.36. The maximum Gasteiger partial charge on any atom is 0.247 e. The van der Waals surface area contributed by atoms with Gasteiger partial charge < -0.3 is 35.6 Å². The van der Waals surface area contributed by atoms with Crippen LogP contribution < -0.4 is 26.0 Å². The molecule has 0 saturated carbocycles. The Kier molecular flexibility index (Phi) is 13.1. The SMILES string of the molecule is CN[C@@H](C)C(=O)N[C@H](C(=O)N1CCC[C@H]1C(=O)Nc1cc2c(Nc3cccc(Cl)c3F)ncnc2cc1OCCOC)C(C)(C)C.Cl. The third-order valence-electron chi connectivity index (χ3n) is 7.81. The zero-order valence-corrected chi connectivity index (χ0v) is 28.9. The normalized spacial score (nSPS) is 15.8. The van der Waals surface area contributed by atoms with Gasteiger partial charge in [0.1, 0.15) is 36.6 Å². The Bertz CT molecular complexity index is 1590. The summed E-state index contributed by atoms with van der Waals surface area (Å²) in [6.45, 7) is 8.17. The Labute approximate surface area is 284 Å². The summed E-state index contributed by atoms with van der Waals surface area (Å²) in [7, 11) is 3.21. The number of rotatable bonds is 12. The number of fused-ring (bicyclic) bond motifs is 1. The average Bonchev–Trinajstić information content (AvgIpc) is 3.52. The summed E-state index contributed by atoms with van der Waals surface area (Å²) in [6.07, 6.45) is 2.38. The number of likely N-dealkylation sites (N-methyl/N-ethyl adjacent to an activating group) is 1. The minimum atomic E-state index is -0.851. The maximum absolute atomic E-state index is 14.7. The van der Waals surface area contributed by atoms with Crippen LogP contribution in [0.5, 0.6) is 5.75 Å². The van der Waals surface area contributed by atoms with E-state index in [9.17, 15) is 18.8 Å². The molecule has 4 N–H and O–H groups in total. The first-order chi connectivity index (χ1) is 21.8. The van der Waals surface area contributed by atoms with Crippen molar-refractivity contribution in [3.05, 3.63) is 47.5 Å². The van der Waals surface area contributed by atoms with E-state index in [1.807, 2.05) is 20.8 Å². The number of aromatic nitrogens is 2. The quantitative estimate of drug-likeness (QED) is 0.199. The van der Waals surface area contributed by atoms with E-state index in [-0.39, 0.29) is 47.4 Å². The van der Waals surface area contributed by atoms with Crippen LogP contribution in [0, 0.1) is 11.2 Å². The molecule has 1 aliphatic heterocycles. The standard InChI is InChI=1S/C32H41ClFN7O5.ClH/c1-18(35-5)29(42)40-27(32(2,3)4)31(44)41-12-8-11-24(41)30(43)39-23-15-19-22(16-25(23)46-14-13-45-6)36-17-37-28(19)38-21-10-7-9-20(33)26(21)34;/h7,9-10,15-18,24,27,35H,8,11-14H2,1-6H3,(H,39,43)(H,40,42)(H,36,37,38);1H/t18-,24-,27+;/m0./s1. The Morgan fingerprint density at radius 3 is 2.57 bits per heavy atom. The number of nitrogens with zero attached hydrogens (tertiary/aromatic N) is 3. The predicted octanol–water partition coefficient (Wildman–Crippen LogP) is 4.68. The first kappa shape index (κ1) is 37.7. The molecule has 0 aliphatic carbocycles. The Hall–Kier alpha value is -3.78. The minimum Gasteiger partial charge on any atom is -0.489 e. The van der Waals surface area contributed by atoms with Gasteiger partial charge in [-0.3, -0.25) is 14.4 Å². The van der Waals surface area contributed by atoms with Crippen LogP contribution >= 0.6 is 24.0 Å². The molecule has 0 spiro atoms. The highest BCUT2D eigenvalue weighted by molar-refractivity contribution is 6.31. The van der Waals surface area contributed by atoms with Crippen molar-refractivity contribution in [2.45, 2.75) is 58.7 Å². The van der Waals surface area contributed by atoms with E-state index in [0.29, 0.717) is 48.3 Å². The number of likely N-dealkylation sites (tertiary alicyclic amines) is 1. The fraction of sp³-hybridized carbons (Fsp3) is 0.469. The highest BCUT2D eigenvalue weighted by Gasteiger charge is 2.42. The van der Waals surface area contributed by atoms with Crippen molar-refractivity contribution in [1.82, 2.24) is 25.5 Å². The maximum atomic E-state index is 14.7. The van der Waals surface area contributed by atoms with Gasteiger partial charge in [0.2, 0.25) is 17.7 Å². The smallest absolute Gasteiger partial charge is 0.247 e. The fourth-order valence-electron chi connectivity index (χ4n) is 5.10. The molecule has 0 bridgehead atoms. The van der Waals surface area contributed by atoms with Gasteiger partial charge in [-0.05, 0) is 50.4 Å². The van der Waals surface area contributed by atoms with E-state index in [1.165, 1.54) is 23.4 Å². The van der Waals surface area contributed by atoms with E-state index < -0.39 is 35.3 Å². The molecule has 3 amide bonds. The number of halogens is 3. The van der Waals surface area contributed by atoms with Gasteiger partial charge >= 0.3 is 0 Å². The molecule has 12 nitrogen and oxygen atoms in total. The van der Waals surface area contributed by atoms with Crippen LogP contribution in [0.25, 0.3) is 10.9 Å². The highest BCUT2D eigenvalue weighted by atomic mass is 35.5. The number of benzene rings is 2. The van der Waals surface area contributed by atoms with Crippen molar-refractivity contribution in [2.24, 2.45) is 5.41 Å². The van der Waals surface area contributed by atoms with E-state index >= 15 is 0 Å². The zero-order valence-electron chi connectivity index (χ0n) is 27.3. The molecule has 3 atom stereocenters. The molecule has 2 aromatic carbocycles. The monoisotopic (exact) mass is 693 g/mol. The molecule has 0 radical (unpaired) electrons.